The molecule has 0 spiro atoms. The lowest BCUT2D eigenvalue weighted by atomic mass is 9.84. The Hall–Kier alpha value is -1.07. The number of halogens is 3. The predicted molar refractivity (Wildman–Crippen MR) is 83.1 cm³/mol. The first-order valence-electron chi connectivity index (χ1n) is 7.66. The van der Waals surface area contributed by atoms with Gasteiger partial charge in [0.1, 0.15) is 0 Å². The lowest BCUT2D eigenvalue weighted by Crippen LogP contribution is -2.15. The topological polar surface area (TPSA) is 20.2 Å². The number of rotatable bonds is 2. The molecule has 2 aromatic rings. The molecule has 0 aliphatic heterocycles. The highest BCUT2D eigenvalue weighted by Crippen LogP contribution is 2.43. The van der Waals surface area contributed by atoms with Crippen molar-refractivity contribution in [3.8, 4) is 0 Å². The van der Waals surface area contributed by atoms with Crippen molar-refractivity contribution in [2.45, 2.75) is 51.3 Å². The fraction of sp³-hybridized carbons (Fsp3) is 0.529. The lowest BCUT2D eigenvalue weighted by Gasteiger charge is -2.26. The van der Waals surface area contributed by atoms with E-state index in [0.717, 1.165) is 46.9 Å². The van der Waals surface area contributed by atoms with Gasteiger partial charge in [0.25, 0.3) is 0 Å². The molecule has 0 saturated heterocycles. The second kappa shape index (κ2) is 5.85. The maximum atomic E-state index is 12.9. The number of aliphatic hydroxyl groups is 1. The minimum Gasteiger partial charge on any atom is -0.387 e. The molecule has 1 atom stereocenters. The average molecular weight is 328 g/mol. The molecule has 1 unspecified atom stereocenters. The molecule has 0 radical (unpaired) electrons. The third kappa shape index (κ3) is 2.88. The van der Waals surface area contributed by atoms with Crippen molar-refractivity contribution >= 4 is 21.4 Å². The molecule has 120 valence electrons. The number of thiophene rings is 1. The number of aryl methyl sites for hydroxylation is 1. The van der Waals surface area contributed by atoms with Crippen molar-refractivity contribution in [3.05, 3.63) is 34.2 Å². The van der Waals surface area contributed by atoms with E-state index in [1.165, 1.54) is 29.9 Å². The molecule has 1 heterocycles. The molecule has 1 N–H and O–H groups in total. The summed E-state index contributed by atoms with van der Waals surface area (Å²) in [5.41, 5.74) is 0.170. The third-order valence-corrected chi connectivity index (χ3v) is 6.01. The van der Waals surface area contributed by atoms with Crippen LogP contribution in [0.2, 0.25) is 0 Å². The molecular formula is C17H19F3OS. The number of alkyl halides is 3. The van der Waals surface area contributed by atoms with E-state index in [9.17, 15) is 18.3 Å². The Morgan fingerprint density at radius 1 is 1.18 bits per heavy atom. The highest BCUT2D eigenvalue weighted by molar-refractivity contribution is 7.19. The Bertz CT molecular complexity index is 668. The van der Waals surface area contributed by atoms with Gasteiger partial charge in [-0.2, -0.15) is 13.2 Å². The van der Waals surface area contributed by atoms with Crippen molar-refractivity contribution in [3.63, 3.8) is 0 Å². The summed E-state index contributed by atoms with van der Waals surface area (Å²) < 4.78 is 39.4. The van der Waals surface area contributed by atoms with Gasteiger partial charge in [0.2, 0.25) is 0 Å². The van der Waals surface area contributed by atoms with Crippen LogP contribution in [0.3, 0.4) is 0 Å². The van der Waals surface area contributed by atoms with Gasteiger partial charge in [-0.1, -0.05) is 19.3 Å². The third-order valence-electron chi connectivity index (χ3n) is 4.67. The van der Waals surface area contributed by atoms with Crippen LogP contribution >= 0.6 is 11.3 Å². The Kier molecular flexibility index (Phi) is 4.21. The SMILES string of the molecule is Cc1c(C(O)C2CCCCC2)sc2ccc(C(F)(F)F)cc12. The van der Waals surface area contributed by atoms with Gasteiger partial charge in [-0.15, -0.1) is 11.3 Å². The quantitative estimate of drug-likeness (QED) is 0.734. The second-order valence-corrected chi connectivity index (χ2v) is 7.23. The van der Waals surface area contributed by atoms with Gasteiger partial charge in [-0.3, -0.25) is 0 Å². The Morgan fingerprint density at radius 2 is 1.86 bits per heavy atom. The summed E-state index contributed by atoms with van der Waals surface area (Å²) in [6.07, 6.45) is 0.597. The van der Waals surface area contributed by atoms with E-state index in [2.05, 4.69) is 0 Å². The van der Waals surface area contributed by atoms with E-state index >= 15 is 0 Å². The number of hydrogen-bond acceptors (Lipinski definition) is 2. The van der Waals surface area contributed by atoms with Gasteiger partial charge in [0.05, 0.1) is 11.7 Å². The molecule has 1 nitrogen and oxygen atoms in total. The molecule has 1 aliphatic carbocycles. The van der Waals surface area contributed by atoms with Crippen LogP contribution in [0.15, 0.2) is 18.2 Å². The van der Waals surface area contributed by atoms with E-state index in [1.807, 2.05) is 6.92 Å². The summed E-state index contributed by atoms with van der Waals surface area (Å²) in [6, 6.07) is 3.85. The minimum atomic E-state index is -4.33. The molecule has 0 amide bonds. The van der Waals surface area contributed by atoms with Crippen LogP contribution < -0.4 is 0 Å². The van der Waals surface area contributed by atoms with E-state index in [-0.39, 0.29) is 5.92 Å². The molecular weight excluding hydrogens is 309 g/mol. The summed E-state index contributed by atoms with van der Waals surface area (Å²) in [6.45, 7) is 1.82. The van der Waals surface area contributed by atoms with E-state index in [4.69, 9.17) is 0 Å². The van der Waals surface area contributed by atoms with Crippen LogP contribution in [0.25, 0.3) is 10.1 Å². The fourth-order valence-electron chi connectivity index (χ4n) is 3.36. The minimum absolute atomic E-state index is 0.239. The molecule has 3 rings (SSSR count). The maximum absolute atomic E-state index is 12.9. The van der Waals surface area contributed by atoms with Crippen molar-refractivity contribution < 1.29 is 18.3 Å². The van der Waals surface area contributed by atoms with Crippen molar-refractivity contribution in [2.24, 2.45) is 5.92 Å². The number of hydrogen-bond donors (Lipinski definition) is 1. The van der Waals surface area contributed by atoms with Crippen LogP contribution in [-0.4, -0.2) is 5.11 Å². The highest BCUT2D eigenvalue weighted by atomic mass is 32.1. The van der Waals surface area contributed by atoms with Gasteiger partial charge >= 0.3 is 6.18 Å². The number of aliphatic hydroxyl groups excluding tert-OH is 1. The predicted octanol–water partition coefficient (Wildman–Crippen LogP) is 5.84. The van der Waals surface area contributed by atoms with Crippen LogP contribution in [0.4, 0.5) is 13.2 Å². The molecule has 1 aliphatic rings. The summed E-state index contributed by atoms with van der Waals surface area (Å²) in [5, 5.41) is 11.3. The Labute approximate surface area is 131 Å². The van der Waals surface area contributed by atoms with Crippen LogP contribution in [0.5, 0.6) is 0 Å². The largest absolute Gasteiger partial charge is 0.416 e. The lowest BCUT2D eigenvalue weighted by molar-refractivity contribution is -0.137. The fourth-order valence-corrected chi connectivity index (χ4v) is 4.63. The first kappa shape index (κ1) is 15.8. The van der Waals surface area contributed by atoms with Crippen LogP contribution in [0.1, 0.15) is 54.2 Å². The summed E-state index contributed by atoms with van der Waals surface area (Å²) in [7, 11) is 0. The number of benzene rings is 1. The van der Waals surface area contributed by atoms with Gasteiger partial charge in [-0.05, 0) is 54.8 Å². The molecule has 1 saturated carbocycles. The molecule has 0 bridgehead atoms. The summed E-state index contributed by atoms with van der Waals surface area (Å²) in [4.78, 5) is 0.834. The monoisotopic (exact) mass is 328 g/mol. The first-order valence-corrected chi connectivity index (χ1v) is 8.48. The van der Waals surface area contributed by atoms with Crippen LogP contribution in [-0.2, 0) is 6.18 Å². The summed E-state index contributed by atoms with van der Waals surface area (Å²) in [5.74, 6) is 0.239. The summed E-state index contributed by atoms with van der Waals surface area (Å²) >= 11 is 1.43. The first-order chi connectivity index (χ1) is 10.4. The molecule has 5 heteroatoms. The zero-order valence-corrected chi connectivity index (χ0v) is 13.2. The van der Waals surface area contributed by atoms with Crippen LogP contribution in [0, 0.1) is 12.8 Å². The van der Waals surface area contributed by atoms with Crippen molar-refractivity contribution in [2.75, 3.05) is 0 Å². The molecule has 1 aromatic carbocycles. The Morgan fingerprint density at radius 3 is 2.50 bits per heavy atom. The van der Waals surface area contributed by atoms with E-state index in [0.29, 0.717) is 5.39 Å². The Balaban J connectivity index is 1.98. The van der Waals surface area contributed by atoms with Gasteiger partial charge in [0, 0.05) is 9.58 Å². The van der Waals surface area contributed by atoms with Crippen molar-refractivity contribution in [1.29, 1.82) is 0 Å². The van der Waals surface area contributed by atoms with E-state index < -0.39 is 17.8 Å². The highest BCUT2D eigenvalue weighted by Gasteiger charge is 2.32. The van der Waals surface area contributed by atoms with Gasteiger partial charge in [-0.25, -0.2) is 0 Å². The zero-order valence-electron chi connectivity index (χ0n) is 12.4. The molecule has 1 fully saturated rings. The zero-order chi connectivity index (χ0) is 15.9. The number of fused-ring (bicyclic) bond motifs is 1. The smallest absolute Gasteiger partial charge is 0.387 e. The molecule has 22 heavy (non-hydrogen) atoms. The maximum Gasteiger partial charge on any atom is 0.416 e. The normalized spacial score (nSPS) is 18.8. The van der Waals surface area contributed by atoms with E-state index in [1.54, 1.807) is 0 Å². The van der Waals surface area contributed by atoms with Gasteiger partial charge < -0.3 is 5.11 Å². The molecule has 1 aromatic heterocycles. The standard InChI is InChI=1S/C17H19F3OS/c1-10-13-9-12(17(18,19)20)7-8-14(13)22-16(10)15(21)11-5-3-2-4-6-11/h7-9,11,15,21H,2-6H2,1H3. The average Bonchev–Trinajstić information content (AvgIpc) is 2.83. The second-order valence-electron chi connectivity index (χ2n) is 6.14. The van der Waals surface area contributed by atoms with Crippen molar-refractivity contribution in [1.82, 2.24) is 0 Å². The van der Waals surface area contributed by atoms with Gasteiger partial charge in [0.15, 0.2) is 0 Å².